The molecule has 2 rings (SSSR count). The molecular formula is C17H28N2. The Bertz CT molecular complexity index is 419. The Hall–Kier alpha value is -0.890. The summed E-state index contributed by atoms with van der Waals surface area (Å²) in [7, 11) is 0. The third-order valence-corrected chi connectivity index (χ3v) is 4.07. The van der Waals surface area contributed by atoms with Gasteiger partial charge in [0.2, 0.25) is 0 Å². The van der Waals surface area contributed by atoms with E-state index >= 15 is 0 Å². The second kappa shape index (κ2) is 5.24. The van der Waals surface area contributed by atoms with E-state index in [0.29, 0.717) is 16.9 Å². The molecule has 2 heteroatoms. The third-order valence-electron chi connectivity index (χ3n) is 4.07. The van der Waals surface area contributed by atoms with Crippen molar-refractivity contribution in [3.05, 3.63) is 29.6 Å². The van der Waals surface area contributed by atoms with Crippen molar-refractivity contribution in [3.63, 3.8) is 0 Å². The first-order valence-electron chi connectivity index (χ1n) is 7.42. The predicted octanol–water partition coefficient (Wildman–Crippen LogP) is 4.08. The van der Waals surface area contributed by atoms with Gasteiger partial charge in [0.1, 0.15) is 0 Å². The molecule has 0 bridgehead atoms. The van der Waals surface area contributed by atoms with Crippen molar-refractivity contribution in [1.82, 2.24) is 10.3 Å². The van der Waals surface area contributed by atoms with Gasteiger partial charge in [0.05, 0.1) is 5.69 Å². The van der Waals surface area contributed by atoms with Crippen molar-refractivity contribution in [2.24, 2.45) is 10.8 Å². The third kappa shape index (κ3) is 4.31. The van der Waals surface area contributed by atoms with E-state index in [1.807, 2.05) is 0 Å². The zero-order valence-corrected chi connectivity index (χ0v) is 13.1. The lowest BCUT2D eigenvalue weighted by Crippen LogP contribution is -2.43. The standard InChI is InChI=1S/C17H28N2/c1-13-7-6-8-14(19-13)11-18-15-9-16(2,3)12-17(4,5)10-15/h6-8,15,18H,9-12H2,1-5H3. The zero-order chi connectivity index (χ0) is 14.1. The van der Waals surface area contributed by atoms with Gasteiger partial charge in [-0.1, -0.05) is 33.8 Å². The molecule has 0 atom stereocenters. The fraction of sp³-hybridized carbons (Fsp3) is 0.706. The molecule has 0 unspecified atom stereocenters. The monoisotopic (exact) mass is 260 g/mol. The molecule has 1 aromatic heterocycles. The van der Waals surface area contributed by atoms with E-state index < -0.39 is 0 Å². The molecule has 1 saturated carbocycles. The SMILES string of the molecule is Cc1cccc(CNC2CC(C)(C)CC(C)(C)C2)n1. The zero-order valence-electron chi connectivity index (χ0n) is 13.1. The average molecular weight is 260 g/mol. The average Bonchev–Trinajstić information content (AvgIpc) is 2.22. The molecule has 0 aliphatic heterocycles. The molecule has 1 heterocycles. The topological polar surface area (TPSA) is 24.9 Å². The van der Waals surface area contributed by atoms with E-state index in [0.717, 1.165) is 17.9 Å². The van der Waals surface area contributed by atoms with Crippen LogP contribution in [-0.2, 0) is 6.54 Å². The van der Waals surface area contributed by atoms with Crippen LogP contribution in [0.3, 0.4) is 0 Å². The van der Waals surface area contributed by atoms with Gasteiger partial charge in [0, 0.05) is 18.3 Å². The molecule has 1 aliphatic rings. The maximum absolute atomic E-state index is 4.57. The lowest BCUT2D eigenvalue weighted by Gasteiger charge is -2.45. The Balaban J connectivity index is 1.96. The van der Waals surface area contributed by atoms with E-state index in [1.165, 1.54) is 19.3 Å². The van der Waals surface area contributed by atoms with Crippen LogP contribution >= 0.6 is 0 Å². The van der Waals surface area contributed by atoms with Crippen molar-refractivity contribution >= 4 is 0 Å². The Morgan fingerprint density at radius 3 is 2.37 bits per heavy atom. The largest absolute Gasteiger partial charge is 0.308 e. The summed E-state index contributed by atoms with van der Waals surface area (Å²) in [5.41, 5.74) is 3.14. The second-order valence-corrected chi connectivity index (χ2v) is 7.76. The van der Waals surface area contributed by atoms with E-state index in [9.17, 15) is 0 Å². The van der Waals surface area contributed by atoms with Crippen LogP contribution in [0.4, 0.5) is 0 Å². The molecule has 106 valence electrons. The molecule has 0 spiro atoms. The fourth-order valence-electron chi connectivity index (χ4n) is 3.94. The van der Waals surface area contributed by atoms with Crippen LogP contribution in [0.1, 0.15) is 58.3 Å². The van der Waals surface area contributed by atoms with Crippen LogP contribution in [0.2, 0.25) is 0 Å². The van der Waals surface area contributed by atoms with E-state index in [1.54, 1.807) is 0 Å². The Labute approximate surface area is 118 Å². The normalized spacial score (nSPS) is 22.4. The summed E-state index contributed by atoms with van der Waals surface area (Å²) in [5.74, 6) is 0. The van der Waals surface area contributed by atoms with E-state index in [2.05, 4.69) is 63.1 Å². The highest BCUT2D eigenvalue weighted by Gasteiger charge is 2.38. The fourth-order valence-corrected chi connectivity index (χ4v) is 3.94. The van der Waals surface area contributed by atoms with Crippen molar-refractivity contribution < 1.29 is 0 Å². The van der Waals surface area contributed by atoms with Gasteiger partial charge in [0.15, 0.2) is 0 Å². The maximum Gasteiger partial charge on any atom is 0.0544 e. The van der Waals surface area contributed by atoms with Gasteiger partial charge in [0.25, 0.3) is 0 Å². The van der Waals surface area contributed by atoms with Gasteiger partial charge >= 0.3 is 0 Å². The molecule has 1 fully saturated rings. The number of pyridine rings is 1. The number of hydrogen-bond acceptors (Lipinski definition) is 2. The van der Waals surface area contributed by atoms with Gasteiger partial charge in [-0.2, -0.15) is 0 Å². The molecule has 0 saturated heterocycles. The van der Waals surface area contributed by atoms with Crippen LogP contribution in [0, 0.1) is 17.8 Å². The minimum atomic E-state index is 0.444. The van der Waals surface area contributed by atoms with Crippen LogP contribution < -0.4 is 5.32 Å². The summed E-state index contributed by atoms with van der Waals surface area (Å²) in [6.45, 7) is 12.5. The molecule has 1 aliphatic carbocycles. The van der Waals surface area contributed by atoms with Crippen molar-refractivity contribution in [1.29, 1.82) is 0 Å². The molecule has 0 radical (unpaired) electrons. The quantitative estimate of drug-likeness (QED) is 0.885. The lowest BCUT2D eigenvalue weighted by molar-refractivity contribution is 0.0843. The van der Waals surface area contributed by atoms with Crippen LogP contribution in [0.25, 0.3) is 0 Å². The van der Waals surface area contributed by atoms with Crippen LogP contribution in [-0.4, -0.2) is 11.0 Å². The van der Waals surface area contributed by atoms with Gasteiger partial charge in [-0.05, 0) is 49.1 Å². The Morgan fingerprint density at radius 2 is 1.79 bits per heavy atom. The van der Waals surface area contributed by atoms with Crippen molar-refractivity contribution in [2.45, 2.75) is 66.5 Å². The van der Waals surface area contributed by atoms with Crippen molar-refractivity contribution in [3.8, 4) is 0 Å². The van der Waals surface area contributed by atoms with Crippen molar-refractivity contribution in [2.75, 3.05) is 0 Å². The van der Waals surface area contributed by atoms with Gasteiger partial charge < -0.3 is 5.32 Å². The second-order valence-electron chi connectivity index (χ2n) is 7.76. The lowest BCUT2D eigenvalue weighted by atomic mass is 9.63. The number of aromatic nitrogens is 1. The number of nitrogens with one attached hydrogen (secondary N) is 1. The first kappa shape index (κ1) is 14.5. The highest BCUT2D eigenvalue weighted by molar-refractivity contribution is 5.10. The van der Waals surface area contributed by atoms with Gasteiger partial charge in [-0.3, -0.25) is 4.98 Å². The van der Waals surface area contributed by atoms with E-state index in [4.69, 9.17) is 0 Å². The Morgan fingerprint density at radius 1 is 1.16 bits per heavy atom. The highest BCUT2D eigenvalue weighted by atomic mass is 14.9. The summed E-state index contributed by atoms with van der Waals surface area (Å²) in [4.78, 5) is 4.57. The minimum Gasteiger partial charge on any atom is -0.308 e. The first-order chi connectivity index (χ1) is 8.76. The number of hydrogen-bond donors (Lipinski definition) is 1. The molecule has 0 aromatic carbocycles. The number of rotatable bonds is 3. The summed E-state index contributed by atoms with van der Waals surface area (Å²) in [6.07, 6.45) is 3.85. The minimum absolute atomic E-state index is 0.444. The number of nitrogens with zero attached hydrogens (tertiary/aromatic N) is 1. The highest BCUT2D eigenvalue weighted by Crippen LogP contribution is 2.45. The van der Waals surface area contributed by atoms with Crippen LogP contribution in [0.5, 0.6) is 0 Å². The smallest absolute Gasteiger partial charge is 0.0544 e. The molecule has 0 amide bonds. The molecule has 19 heavy (non-hydrogen) atoms. The van der Waals surface area contributed by atoms with Crippen LogP contribution in [0.15, 0.2) is 18.2 Å². The summed E-state index contributed by atoms with van der Waals surface area (Å²) in [5, 5.41) is 3.71. The molecule has 1 N–H and O–H groups in total. The van der Waals surface area contributed by atoms with Gasteiger partial charge in [-0.15, -0.1) is 0 Å². The van der Waals surface area contributed by atoms with E-state index in [-0.39, 0.29) is 0 Å². The molecule has 2 nitrogen and oxygen atoms in total. The molecular weight excluding hydrogens is 232 g/mol. The summed E-state index contributed by atoms with van der Waals surface area (Å²) in [6, 6.07) is 6.87. The van der Waals surface area contributed by atoms with Gasteiger partial charge in [-0.25, -0.2) is 0 Å². The summed E-state index contributed by atoms with van der Waals surface area (Å²) >= 11 is 0. The Kier molecular flexibility index (Phi) is 4.00. The number of aryl methyl sites for hydroxylation is 1. The molecule has 1 aromatic rings. The maximum atomic E-state index is 4.57. The predicted molar refractivity (Wildman–Crippen MR) is 81.0 cm³/mol. The summed E-state index contributed by atoms with van der Waals surface area (Å²) < 4.78 is 0. The first-order valence-corrected chi connectivity index (χ1v) is 7.42.